The minimum Gasteiger partial charge on any atom is -0.467 e. The maximum Gasteiger partial charge on any atom is 0.259 e. The summed E-state index contributed by atoms with van der Waals surface area (Å²) in [6, 6.07) is 8.23. The van der Waals surface area contributed by atoms with Crippen molar-refractivity contribution in [2.75, 3.05) is 18.4 Å². The van der Waals surface area contributed by atoms with Crippen molar-refractivity contribution in [3.8, 4) is 0 Å². The van der Waals surface area contributed by atoms with E-state index in [-0.39, 0.29) is 79.0 Å². The number of hydrogen-bond acceptors (Lipinski definition) is 8. The van der Waals surface area contributed by atoms with E-state index < -0.39 is 6.04 Å². The van der Waals surface area contributed by atoms with Crippen LogP contribution in [0, 0.1) is 5.92 Å². The van der Waals surface area contributed by atoms with Gasteiger partial charge in [-0.1, -0.05) is 40.7 Å². The van der Waals surface area contributed by atoms with E-state index >= 15 is 0 Å². The minimum absolute atomic E-state index is 0. The van der Waals surface area contributed by atoms with Crippen LogP contribution in [0.5, 0.6) is 0 Å². The highest BCUT2D eigenvalue weighted by atomic mass is 35.5. The van der Waals surface area contributed by atoms with Crippen molar-refractivity contribution in [1.82, 2.24) is 25.2 Å². The maximum absolute atomic E-state index is 13.9. The van der Waals surface area contributed by atoms with Gasteiger partial charge in [0.15, 0.2) is 0 Å². The van der Waals surface area contributed by atoms with Gasteiger partial charge in [-0.3, -0.25) is 14.6 Å². The minimum atomic E-state index is -0.876. The van der Waals surface area contributed by atoms with Crippen molar-refractivity contribution in [3.05, 3.63) is 71.8 Å². The van der Waals surface area contributed by atoms with Crippen LogP contribution in [0.15, 0.2) is 53.4 Å². The highest BCUT2D eigenvalue weighted by Crippen LogP contribution is 2.24. The first kappa shape index (κ1) is 37.1. The first-order chi connectivity index (χ1) is 17.6. The predicted octanol–water partition coefficient (Wildman–Crippen LogP) is 4.38. The third kappa shape index (κ3) is 10.2. The molecule has 10 nitrogen and oxygen atoms in total. The van der Waals surface area contributed by atoms with Gasteiger partial charge in [0.1, 0.15) is 29.0 Å². The molecular weight excluding hydrogens is 577 g/mol. The molecule has 3 aromatic rings. The highest BCUT2D eigenvalue weighted by Gasteiger charge is 2.32. The summed E-state index contributed by atoms with van der Waals surface area (Å²) in [5, 5.41) is 6.08. The highest BCUT2D eigenvalue weighted by molar-refractivity contribution is 6.01. The monoisotopic (exact) mass is 615 g/mol. The molecule has 0 aliphatic rings. The molecule has 0 fully saturated rings. The number of carbonyl (C=O) groups excluding carboxylic acids is 2. The van der Waals surface area contributed by atoms with E-state index in [4.69, 9.17) is 10.2 Å². The standard InChI is InChI=1S/C27H37N7O3.3ClH/c1-18(2)17-34(22(13-28)24(35)31-14-19-9-6-7-11-29-19)25(36)21-16-32-26(27(3,4)5)33-23(21)30-15-20-10-8-12-37-20;;;/h6-12,16,18,22H,13-15,17,28H2,1-5H3,(H,31,35)(H,30,32,33);3*1H/t22-;;;/m0.../s1. The van der Waals surface area contributed by atoms with Crippen LogP contribution >= 0.6 is 37.2 Å². The number of halogens is 3. The number of nitrogens with one attached hydrogen (secondary N) is 2. The second kappa shape index (κ2) is 17.0. The maximum atomic E-state index is 13.9. The molecule has 0 aliphatic carbocycles. The molecule has 0 bridgehead atoms. The number of carbonyl (C=O) groups is 2. The average molecular weight is 617 g/mol. The molecule has 3 rings (SSSR count). The Morgan fingerprint density at radius 2 is 1.77 bits per heavy atom. The first-order valence-corrected chi connectivity index (χ1v) is 12.4. The van der Waals surface area contributed by atoms with Crippen LogP contribution in [-0.4, -0.2) is 50.8 Å². The fourth-order valence-electron chi connectivity index (χ4n) is 3.69. The molecule has 3 heterocycles. The number of rotatable bonds is 11. The van der Waals surface area contributed by atoms with Crippen LogP contribution in [0.2, 0.25) is 0 Å². The van der Waals surface area contributed by atoms with Gasteiger partial charge in [-0.15, -0.1) is 37.2 Å². The van der Waals surface area contributed by atoms with Crippen LogP contribution in [0.1, 0.15) is 62.3 Å². The van der Waals surface area contributed by atoms with E-state index in [1.165, 1.54) is 11.1 Å². The summed E-state index contributed by atoms with van der Waals surface area (Å²) < 4.78 is 5.43. The number of pyridine rings is 1. The van der Waals surface area contributed by atoms with E-state index in [2.05, 4.69) is 25.6 Å². The Labute approximate surface area is 254 Å². The molecule has 1 atom stereocenters. The number of amides is 2. The number of anilines is 1. The lowest BCUT2D eigenvalue weighted by Gasteiger charge is -2.32. The van der Waals surface area contributed by atoms with Crippen LogP contribution in [0.4, 0.5) is 5.82 Å². The summed E-state index contributed by atoms with van der Waals surface area (Å²) in [5.74, 6) is 1.03. The van der Waals surface area contributed by atoms with Crippen molar-refractivity contribution in [2.45, 2.75) is 59.2 Å². The van der Waals surface area contributed by atoms with E-state index in [9.17, 15) is 9.59 Å². The molecule has 222 valence electrons. The number of nitrogens with zero attached hydrogens (tertiary/aromatic N) is 4. The lowest BCUT2D eigenvalue weighted by Crippen LogP contribution is -2.54. The zero-order valence-corrected chi connectivity index (χ0v) is 25.9. The fourth-order valence-corrected chi connectivity index (χ4v) is 3.69. The van der Waals surface area contributed by atoms with Crippen LogP contribution in [0.3, 0.4) is 0 Å². The van der Waals surface area contributed by atoms with Gasteiger partial charge in [-0.25, -0.2) is 9.97 Å². The van der Waals surface area contributed by atoms with Crippen molar-refractivity contribution in [3.63, 3.8) is 0 Å². The molecular formula is C27H40Cl3N7O3. The second-order valence-corrected chi connectivity index (χ2v) is 10.3. The zero-order chi connectivity index (χ0) is 27.0. The largest absolute Gasteiger partial charge is 0.467 e. The Morgan fingerprint density at radius 1 is 1.05 bits per heavy atom. The van der Waals surface area contributed by atoms with Gasteiger partial charge in [0.25, 0.3) is 5.91 Å². The molecule has 40 heavy (non-hydrogen) atoms. The summed E-state index contributed by atoms with van der Waals surface area (Å²) in [6.07, 6.45) is 4.77. The fraction of sp³-hybridized carbons (Fsp3) is 0.444. The van der Waals surface area contributed by atoms with Gasteiger partial charge < -0.3 is 25.7 Å². The van der Waals surface area contributed by atoms with Crippen molar-refractivity contribution in [2.24, 2.45) is 11.7 Å². The summed E-state index contributed by atoms with van der Waals surface area (Å²) in [6.45, 7) is 10.8. The molecule has 0 spiro atoms. The molecule has 0 radical (unpaired) electrons. The van der Waals surface area contributed by atoms with Gasteiger partial charge in [0.2, 0.25) is 5.91 Å². The Kier molecular flexibility index (Phi) is 15.8. The normalized spacial score (nSPS) is 11.4. The Morgan fingerprint density at radius 3 is 2.33 bits per heavy atom. The summed E-state index contributed by atoms with van der Waals surface area (Å²) in [5.41, 5.74) is 6.69. The van der Waals surface area contributed by atoms with E-state index in [0.29, 0.717) is 36.2 Å². The molecule has 13 heteroatoms. The first-order valence-electron chi connectivity index (χ1n) is 12.4. The topological polar surface area (TPSA) is 139 Å². The molecule has 3 aromatic heterocycles. The van der Waals surface area contributed by atoms with Crippen LogP contribution < -0.4 is 16.4 Å². The third-order valence-electron chi connectivity index (χ3n) is 5.59. The number of aromatic nitrogens is 3. The number of furan rings is 1. The van der Waals surface area contributed by atoms with Crippen molar-refractivity contribution in [1.29, 1.82) is 0 Å². The Hall–Kier alpha value is -2.92. The molecule has 4 N–H and O–H groups in total. The molecule has 2 amide bonds. The van der Waals surface area contributed by atoms with E-state index in [0.717, 1.165) is 0 Å². The molecule has 0 unspecified atom stereocenters. The van der Waals surface area contributed by atoms with Crippen LogP contribution in [0.25, 0.3) is 0 Å². The van der Waals surface area contributed by atoms with Crippen molar-refractivity contribution < 1.29 is 14.0 Å². The second-order valence-electron chi connectivity index (χ2n) is 10.3. The van der Waals surface area contributed by atoms with Gasteiger partial charge in [-0.2, -0.15) is 0 Å². The third-order valence-corrected chi connectivity index (χ3v) is 5.59. The SMILES string of the molecule is CC(C)CN(C(=O)c1cnc(C(C)(C)C)nc1NCc1ccco1)[C@@H](CN)C(=O)NCc1ccccn1.Cl.Cl.Cl. The summed E-state index contributed by atoms with van der Waals surface area (Å²) in [4.78, 5) is 42.0. The Bertz CT molecular complexity index is 1170. The average Bonchev–Trinajstić information content (AvgIpc) is 3.39. The quantitative estimate of drug-likeness (QED) is 0.288. The lowest BCUT2D eigenvalue weighted by molar-refractivity contribution is -0.125. The van der Waals surface area contributed by atoms with Gasteiger partial charge in [0.05, 0.1) is 25.0 Å². The smallest absolute Gasteiger partial charge is 0.259 e. The molecule has 0 saturated heterocycles. The van der Waals surface area contributed by atoms with Gasteiger partial charge in [0, 0.05) is 30.9 Å². The predicted molar refractivity (Wildman–Crippen MR) is 163 cm³/mol. The lowest BCUT2D eigenvalue weighted by atomic mass is 9.95. The molecule has 0 aliphatic heterocycles. The molecule has 0 aromatic carbocycles. The Balaban J connectivity index is 0.00000507. The number of nitrogens with two attached hydrogens (primary N) is 1. The molecule has 0 saturated carbocycles. The van der Waals surface area contributed by atoms with Gasteiger partial charge >= 0.3 is 0 Å². The van der Waals surface area contributed by atoms with Gasteiger partial charge in [-0.05, 0) is 30.2 Å². The van der Waals surface area contributed by atoms with E-state index in [1.807, 2.05) is 58.9 Å². The van der Waals surface area contributed by atoms with E-state index in [1.54, 1.807) is 18.5 Å². The van der Waals surface area contributed by atoms with Crippen LogP contribution in [-0.2, 0) is 23.3 Å². The zero-order valence-electron chi connectivity index (χ0n) is 23.4. The summed E-state index contributed by atoms with van der Waals surface area (Å²) >= 11 is 0. The number of hydrogen-bond donors (Lipinski definition) is 3. The summed E-state index contributed by atoms with van der Waals surface area (Å²) in [7, 11) is 0. The van der Waals surface area contributed by atoms with Crippen molar-refractivity contribution >= 4 is 54.9 Å².